The molecule has 28 heavy (non-hydrogen) atoms. The summed E-state index contributed by atoms with van der Waals surface area (Å²) in [7, 11) is 0. The number of halogens is 1. The molecule has 0 aliphatic rings. The Morgan fingerprint density at radius 1 is 0.929 bits per heavy atom. The van der Waals surface area contributed by atoms with Gasteiger partial charge < -0.3 is 5.32 Å². The molecule has 0 saturated carbocycles. The summed E-state index contributed by atoms with van der Waals surface area (Å²) in [6.07, 6.45) is 6.69. The van der Waals surface area contributed by atoms with Gasteiger partial charge in [-0.1, -0.05) is 41.9 Å². The average molecular weight is 389 g/mol. The van der Waals surface area contributed by atoms with Gasteiger partial charge in [0, 0.05) is 23.6 Å². The molecule has 2 aromatic heterocycles. The van der Waals surface area contributed by atoms with E-state index in [0.717, 1.165) is 16.8 Å². The maximum atomic E-state index is 12.9. The van der Waals surface area contributed by atoms with Crippen LogP contribution in [0.15, 0.2) is 91.5 Å². The molecule has 0 aliphatic carbocycles. The van der Waals surface area contributed by atoms with E-state index in [9.17, 15) is 4.79 Å². The standard InChI is InChI=1S/C22H17ClN4O/c23-19-6-8-20(9-7-19)27-15-18(14-25-27)22(28)26-21(16-4-2-1-3-5-16)17-10-12-24-13-11-17/h1-15,21H,(H,26,28). The van der Waals surface area contributed by atoms with Crippen molar-refractivity contribution in [3.05, 3.63) is 113 Å². The van der Waals surface area contributed by atoms with Crippen LogP contribution in [0.3, 0.4) is 0 Å². The lowest BCUT2D eigenvalue weighted by Crippen LogP contribution is -2.29. The number of aromatic nitrogens is 3. The van der Waals surface area contributed by atoms with E-state index in [1.54, 1.807) is 41.6 Å². The number of rotatable bonds is 5. The normalized spacial score (nSPS) is 11.8. The third-order valence-electron chi connectivity index (χ3n) is 4.38. The van der Waals surface area contributed by atoms with E-state index in [2.05, 4.69) is 15.4 Å². The predicted octanol–water partition coefficient (Wildman–Crippen LogP) is 4.44. The summed E-state index contributed by atoms with van der Waals surface area (Å²) >= 11 is 5.93. The highest BCUT2D eigenvalue weighted by molar-refractivity contribution is 6.30. The minimum Gasteiger partial charge on any atom is -0.341 e. The van der Waals surface area contributed by atoms with Crippen molar-refractivity contribution in [1.29, 1.82) is 0 Å². The molecule has 4 rings (SSSR count). The first-order valence-electron chi connectivity index (χ1n) is 8.77. The fraction of sp³-hybridized carbons (Fsp3) is 0.0455. The summed E-state index contributed by atoms with van der Waals surface area (Å²) in [5.41, 5.74) is 3.26. The summed E-state index contributed by atoms with van der Waals surface area (Å²) in [6, 6.07) is 20.6. The Morgan fingerprint density at radius 2 is 1.61 bits per heavy atom. The lowest BCUT2D eigenvalue weighted by atomic mass is 9.99. The molecule has 6 heteroatoms. The van der Waals surface area contributed by atoms with Crippen molar-refractivity contribution in [2.24, 2.45) is 0 Å². The monoisotopic (exact) mass is 388 g/mol. The fourth-order valence-electron chi connectivity index (χ4n) is 2.95. The molecular weight excluding hydrogens is 372 g/mol. The second-order valence-corrected chi connectivity index (χ2v) is 6.68. The van der Waals surface area contributed by atoms with Gasteiger partial charge in [0.1, 0.15) is 0 Å². The van der Waals surface area contributed by atoms with Crippen molar-refractivity contribution < 1.29 is 4.79 Å². The summed E-state index contributed by atoms with van der Waals surface area (Å²) in [5.74, 6) is -0.203. The highest BCUT2D eigenvalue weighted by atomic mass is 35.5. The van der Waals surface area contributed by atoms with Gasteiger partial charge in [-0.2, -0.15) is 5.10 Å². The van der Waals surface area contributed by atoms with Crippen LogP contribution in [0.5, 0.6) is 0 Å². The zero-order chi connectivity index (χ0) is 19.3. The van der Waals surface area contributed by atoms with E-state index < -0.39 is 0 Å². The van der Waals surface area contributed by atoms with Crippen molar-refractivity contribution in [2.45, 2.75) is 6.04 Å². The van der Waals surface area contributed by atoms with Gasteiger partial charge in [0.15, 0.2) is 0 Å². The minimum atomic E-state index is -0.282. The molecule has 2 heterocycles. The van der Waals surface area contributed by atoms with E-state index >= 15 is 0 Å². The Labute approximate surface area is 167 Å². The van der Waals surface area contributed by atoms with Crippen molar-refractivity contribution in [3.63, 3.8) is 0 Å². The van der Waals surface area contributed by atoms with E-state index in [4.69, 9.17) is 11.6 Å². The molecule has 0 spiro atoms. The minimum absolute atomic E-state index is 0.203. The van der Waals surface area contributed by atoms with Crippen LogP contribution in [0.1, 0.15) is 27.5 Å². The maximum Gasteiger partial charge on any atom is 0.255 e. The number of carbonyl (C=O) groups excluding carboxylic acids is 1. The van der Waals surface area contributed by atoms with Crippen molar-refractivity contribution in [2.75, 3.05) is 0 Å². The van der Waals surface area contributed by atoms with Crippen LogP contribution in [0.25, 0.3) is 5.69 Å². The van der Waals surface area contributed by atoms with Gasteiger partial charge in [0.05, 0.1) is 23.5 Å². The number of hydrogen-bond donors (Lipinski definition) is 1. The van der Waals surface area contributed by atoms with Crippen LogP contribution < -0.4 is 5.32 Å². The van der Waals surface area contributed by atoms with E-state index in [1.807, 2.05) is 54.6 Å². The molecule has 0 saturated heterocycles. The first kappa shape index (κ1) is 17.9. The third-order valence-corrected chi connectivity index (χ3v) is 4.64. The first-order chi connectivity index (χ1) is 13.7. The largest absolute Gasteiger partial charge is 0.341 e. The molecule has 5 nitrogen and oxygen atoms in total. The lowest BCUT2D eigenvalue weighted by molar-refractivity contribution is 0.0943. The number of carbonyl (C=O) groups is 1. The Kier molecular flexibility index (Phi) is 5.17. The van der Waals surface area contributed by atoms with Gasteiger partial charge in [0.2, 0.25) is 0 Å². The number of hydrogen-bond acceptors (Lipinski definition) is 3. The van der Waals surface area contributed by atoms with Crippen LogP contribution in [-0.4, -0.2) is 20.7 Å². The zero-order valence-corrected chi connectivity index (χ0v) is 15.6. The molecular formula is C22H17ClN4O. The van der Waals surface area contributed by atoms with Gasteiger partial charge in [-0.15, -0.1) is 0 Å². The number of nitrogens with one attached hydrogen (secondary N) is 1. The molecule has 0 fully saturated rings. The molecule has 0 bridgehead atoms. The van der Waals surface area contributed by atoms with Crippen molar-refractivity contribution in [3.8, 4) is 5.69 Å². The predicted molar refractivity (Wildman–Crippen MR) is 109 cm³/mol. The van der Waals surface area contributed by atoms with Crippen LogP contribution in [0.4, 0.5) is 0 Å². The smallest absolute Gasteiger partial charge is 0.255 e. The van der Waals surface area contributed by atoms with Gasteiger partial charge in [0.25, 0.3) is 5.91 Å². The Morgan fingerprint density at radius 3 is 2.32 bits per heavy atom. The Balaban J connectivity index is 1.59. The van der Waals surface area contributed by atoms with Gasteiger partial charge in [-0.05, 0) is 47.5 Å². The molecule has 0 radical (unpaired) electrons. The van der Waals surface area contributed by atoms with Gasteiger partial charge in [-0.3, -0.25) is 9.78 Å². The summed E-state index contributed by atoms with van der Waals surface area (Å²) in [5, 5.41) is 8.04. The van der Waals surface area contributed by atoms with Crippen molar-refractivity contribution in [1.82, 2.24) is 20.1 Å². The molecule has 1 atom stereocenters. The van der Waals surface area contributed by atoms with E-state index in [1.165, 1.54) is 0 Å². The quantitative estimate of drug-likeness (QED) is 0.549. The molecule has 1 N–H and O–H groups in total. The SMILES string of the molecule is O=C(NC(c1ccccc1)c1ccncc1)c1cnn(-c2ccc(Cl)cc2)c1. The molecule has 2 aromatic carbocycles. The summed E-state index contributed by atoms with van der Waals surface area (Å²) < 4.78 is 1.65. The van der Waals surface area contributed by atoms with E-state index in [-0.39, 0.29) is 11.9 Å². The molecule has 138 valence electrons. The summed E-state index contributed by atoms with van der Waals surface area (Å²) in [4.78, 5) is 17.0. The van der Waals surface area contributed by atoms with Crippen molar-refractivity contribution >= 4 is 17.5 Å². The second kappa shape index (κ2) is 8.06. The fourth-order valence-corrected chi connectivity index (χ4v) is 3.08. The van der Waals surface area contributed by atoms with Crippen LogP contribution >= 0.6 is 11.6 Å². The van der Waals surface area contributed by atoms with Crippen LogP contribution in [0.2, 0.25) is 5.02 Å². The molecule has 0 aliphatic heterocycles. The lowest BCUT2D eigenvalue weighted by Gasteiger charge is -2.19. The van der Waals surface area contributed by atoms with E-state index in [0.29, 0.717) is 10.6 Å². The Bertz CT molecular complexity index is 1020. The highest BCUT2D eigenvalue weighted by Gasteiger charge is 2.19. The second-order valence-electron chi connectivity index (χ2n) is 6.25. The third kappa shape index (κ3) is 3.94. The summed E-state index contributed by atoms with van der Waals surface area (Å²) in [6.45, 7) is 0. The average Bonchev–Trinajstić information content (AvgIpc) is 3.24. The highest BCUT2D eigenvalue weighted by Crippen LogP contribution is 2.22. The van der Waals surface area contributed by atoms with Crippen LogP contribution in [0, 0.1) is 0 Å². The maximum absolute atomic E-state index is 12.9. The number of pyridine rings is 1. The topological polar surface area (TPSA) is 59.8 Å². The molecule has 1 unspecified atom stereocenters. The zero-order valence-electron chi connectivity index (χ0n) is 14.9. The van der Waals surface area contributed by atoms with Gasteiger partial charge >= 0.3 is 0 Å². The Hall–Kier alpha value is -3.44. The van der Waals surface area contributed by atoms with Gasteiger partial charge in [-0.25, -0.2) is 4.68 Å². The number of benzene rings is 2. The molecule has 1 amide bonds. The molecule has 4 aromatic rings. The van der Waals surface area contributed by atoms with Crippen LogP contribution in [-0.2, 0) is 0 Å². The first-order valence-corrected chi connectivity index (χ1v) is 9.15. The number of amides is 1. The number of nitrogens with zero attached hydrogens (tertiary/aromatic N) is 3.